The second-order valence-corrected chi connectivity index (χ2v) is 5.33. The van der Waals surface area contributed by atoms with Crippen LogP contribution in [0.3, 0.4) is 0 Å². The van der Waals surface area contributed by atoms with E-state index in [1.807, 2.05) is 0 Å². The van der Waals surface area contributed by atoms with Gasteiger partial charge in [-0.3, -0.25) is 0 Å². The molecule has 0 saturated heterocycles. The van der Waals surface area contributed by atoms with Gasteiger partial charge in [-0.2, -0.15) is 0 Å². The van der Waals surface area contributed by atoms with Crippen LogP contribution in [0.5, 0.6) is 0 Å². The van der Waals surface area contributed by atoms with Crippen LogP contribution in [0.25, 0.3) is 0 Å². The first-order valence-corrected chi connectivity index (χ1v) is 7.05. The van der Waals surface area contributed by atoms with Gasteiger partial charge in [0, 0.05) is 18.7 Å². The van der Waals surface area contributed by atoms with Crippen LogP contribution in [0.4, 0.5) is 11.6 Å². The lowest BCUT2D eigenvalue weighted by molar-refractivity contribution is 0.753. The molecule has 1 aromatic heterocycles. The highest BCUT2D eigenvalue weighted by Crippen LogP contribution is 2.33. The van der Waals surface area contributed by atoms with Gasteiger partial charge in [0.15, 0.2) is 0 Å². The second-order valence-electron chi connectivity index (χ2n) is 5.33. The Morgan fingerprint density at radius 1 is 1.22 bits per heavy atom. The third-order valence-electron chi connectivity index (χ3n) is 3.35. The van der Waals surface area contributed by atoms with E-state index in [1.54, 1.807) is 6.33 Å². The summed E-state index contributed by atoms with van der Waals surface area (Å²) in [6, 6.07) is 0. The molecule has 0 bridgehead atoms. The highest BCUT2D eigenvalue weighted by atomic mass is 15.1. The first kappa shape index (κ1) is 13.1. The zero-order valence-corrected chi connectivity index (χ0v) is 11.7. The summed E-state index contributed by atoms with van der Waals surface area (Å²) in [6.45, 7) is 8.37. The first-order chi connectivity index (χ1) is 8.72. The molecule has 1 aromatic rings. The van der Waals surface area contributed by atoms with Crippen molar-refractivity contribution in [2.45, 2.75) is 46.0 Å². The molecular weight excluding hydrogens is 224 g/mol. The first-order valence-electron chi connectivity index (χ1n) is 7.05. The summed E-state index contributed by atoms with van der Waals surface area (Å²) in [6.07, 6.45) is 5.72. The van der Waals surface area contributed by atoms with Gasteiger partial charge in [0.05, 0.1) is 0 Å². The van der Waals surface area contributed by atoms with Gasteiger partial charge in [0.2, 0.25) is 0 Å². The zero-order valence-electron chi connectivity index (χ0n) is 11.7. The van der Waals surface area contributed by atoms with Gasteiger partial charge in [-0.1, -0.05) is 26.7 Å². The maximum absolute atomic E-state index is 4.40. The fourth-order valence-electron chi connectivity index (χ4n) is 2.19. The smallest absolute Gasteiger partial charge is 0.134 e. The van der Waals surface area contributed by atoms with Crippen molar-refractivity contribution in [3.63, 3.8) is 0 Å². The van der Waals surface area contributed by atoms with Crippen LogP contribution < -0.4 is 10.6 Å². The summed E-state index contributed by atoms with van der Waals surface area (Å²) >= 11 is 0. The molecule has 0 aliphatic heterocycles. The van der Waals surface area contributed by atoms with Crippen molar-refractivity contribution in [2.24, 2.45) is 5.92 Å². The van der Waals surface area contributed by atoms with Crippen molar-refractivity contribution >= 4 is 11.6 Å². The Labute approximate surface area is 110 Å². The third-order valence-corrected chi connectivity index (χ3v) is 3.35. The highest BCUT2D eigenvalue weighted by molar-refractivity contribution is 5.58. The molecule has 0 atom stereocenters. The van der Waals surface area contributed by atoms with Gasteiger partial charge in [-0.05, 0) is 25.2 Å². The SMILES string of the molecule is CCNc1ncnc(NCCC2CC2)c1C(C)C. The molecule has 100 valence electrons. The predicted octanol–water partition coefficient (Wildman–Crippen LogP) is 3.24. The number of hydrogen-bond donors (Lipinski definition) is 2. The second kappa shape index (κ2) is 6.03. The lowest BCUT2D eigenvalue weighted by atomic mass is 10.0. The summed E-state index contributed by atoms with van der Waals surface area (Å²) < 4.78 is 0. The summed E-state index contributed by atoms with van der Waals surface area (Å²) in [5, 5.41) is 6.79. The van der Waals surface area contributed by atoms with Crippen molar-refractivity contribution in [3.05, 3.63) is 11.9 Å². The van der Waals surface area contributed by atoms with Crippen LogP contribution in [0.15, 0.2) is 6.33 Å². The summed E-state index contributed by atoms with van der Waals surface area (Å²) in [5.74, 6) is 3.34. The molecule has 0 aromatic carbocycles. The van der Waals surface area contributed by atoms with E-state index < -0.39 is 0 Å². The number of anilines is 2. The van der Waals surface area contributed by atoms with E-state index >= 15 is 0 Å². The molecule has 0 radical (unpaired) electrons. The van der Waals surface area contributed by atoms with Gasteiger partial charge in [-0.15, -0.1) is 0 Å². The maximum atomic E-state index is 4.40. The van der Waals surface area contributed by atoms with Gasteiger partial charge < -0.3 is 10.6 Å². The van der Waals surface area contributed by atoms with E-state index in [9.17, 15) is 0 Å². The zero-order chi connectivity index (χ0) is 13.0. The summed E-state index contributed by atoms with van der Waals surface area (Å²) in [4.78, 5) is 8.74. The summed E-state index contributed by atoms with van der Waals surface area (Å²) in [5.41, 5.74) is 1.20. The lowest BCUT2D eigenvalue weighted by Gasteiger charge is -2.17. The van der Waals surface area contributed by atoms with E-state index in [-0.39, 0.29) is 0 Å². The average molecular weight is 248 g/mol. The molecule has 4 heteroatoms. The molecule has 1 saturated carbocycles. The third kappa shape index (κ3) is 3.34. The molecule has 1 heterocycles. The van der Waals surface area contributed by atoms with Gasteiger partial charge >= 0.3 is 0 Å². The molecule has 1 fully saturated rings. The van der Waals surface area contributed by atoms with Crippen LogP contribution in [-0.4, -0.2) is 23.1 Å². The van der Waals surface area contributed by atoms with Crippen molar-refractivity contribution in [1.82, 2.24) is 9.97 Å². The number of rotatable bonds is 7. The molecule has 1 aliphatic carbocycles. The van der Waals surface area contributed by atoms with Crippen molar-refractivity contribution in [3.8, 4) is 0 Å². The standard InChI is InChI=1S/C14H24N4/c1-4-15-13-12(10(2)3)14(18-9-17-13)16-8-7-11-5-6-11/h9-11H,4-8H2,1-3H3,(H2,15,16,17,18). The van der Waals surface area contributed by atoms with Crippen molar-refractivity contribution in [2.75, 3.05) is 23.7 Å². The Morgan fingerprint density at radius 2 is 1.89 bits per heavy atom. The molecule has 4 nitrogen and oxygen atoms in total. The van der Waals surface area contributed by atoms with Gasteiger partial charge in [-0.25, -0.2) is 9.97 Å². The molecule has 0 amide bonds. The molecule has 1 aliphatic rings. The quantitative estimate of drug-likeness (QED) is 0.777. The number of aromatic nitrogens is 2. The van der Waals surface area contributed by atoms with Crippen molar-refractivity contribution in [1.29, 1.82) is 0 Å². The van der Waals surface area contributed by atoms with Crippen molar-refractivity contribution < 1.29 is 0 Å². The fourth-order valence-corrected chi connectivity index (χ4v) is 2.19. The topological polar surface area (TPSA) is 49.8 Å². The van der Waals surface area contributed by atoms with Crippen LogP contribution in [-0.2, 0) is 0 Å². The van der Waals surface area contributed by atoms with Gasteiger partial charge in [0.1, 0.15) is 18.0 Å². The van der Waals surface area contributed by atoms with Crippen LogP contribution >= 0.6 is 0 Å². The highest BCUT2D eigenvalue weighted by Gasteiger charge is 2.21. The van der Waals surface area contributed by atoms with E-state index in [4.69, 9.17) is 0 Å². The summed E-state index contributed by atoms with van der Waals surface area (Å²) in [7, 11) is 0. The minimum atomic E-state index is 0.420. The fraction of sp³-hybridized carbons (Fsp3) is 0.714. The van der Waals surface area contributed by atoms with Crippen LogP contribution in [0, 0.1) is 5.92 Å². The van der Waals surface area contributed by atoms with E-state index in [2.05, 4.69) is 41.4 Å². The molecule has 18 heavy (non-hydrogen) atoms. The van der Waals surface area contributed by atoms with E-state index in [0.29, 0.717) is 5.92 Å². The molecule has 2 rings (SSSR count). The molecule has 0 unspecified atom stereocenters. The maximum Gasteiger partial charge on any atom is 0.134 e. The average Bonchev–Trinajstić information content (AvgIpc) is 3.13. The Morgan fingerprint density at radius 3 is 2.44 bits per heavy atom. The minimum Gasteiger partial charge on any atom is -0.370 e. The van der Waals surface area contributed by atoms with Gasteiger partial charge in [0.25, 0.3) is 0 Å². The normalized spacial score (nSPS) is 14.9. The minimum absolute atomic E-state index is 0.420. The van der Waals surface area contributed by atoms with E-state index in [0.717, 1.165) is 30.6 Å². The predicted molar refractivity (Wildman–Crippen MR) is 76.1 cm³/mol. The van der Waals surface area contributed by atoms with Crippen LogP contribution in [0.1, 0.15) is 51.5 Å². The largest absolute Gasteiger partial charge is 0.370 e. The number of nitrogens with zero attached hydrogens (tertiary/aromatic N) is 2. The Hall–Kier alpha value is -1.32. The van der Waals surface area contributed by atoms with E-state index in [1.165, 1.54) is 24.8 Å². The molecule has 2 N–H and O–H groups in total. The monoisotopic (exact) mass is 248 g/mol. The molecular formula is C14H24N4. The Balaban J connectivity index is 2.07. The Bertz CT molecular complexity index is 385. The number of nitrogens with one attached hydrogen (secondary N) is 2. The lowest BCUT2D eigenvalue weighted by Crippen LogP contribution is -2.12. The number of hydrogen-bond acceptors (Lipinski definition) is 4. The van der Waals surface area contributed by atoms with Crippen LogP contribution in [0.2, 0.25) is 0 Å². The molecule has 0 spiro atoms. The Kier molecular flexibility index (Phi) is 4.39.